The molecular formula is C15H17F3N4O2. The molecule has 24 heavy (non-hydrogen) atoms. The lowest BCUT2D eigenvalue weighted by Gasteiger charge is -2.14. The van der Waals surface area contributed by atoms with Gasteiger partial charge in [0.05, 0.1) is 23.6 Å². The van der Waals surface area contributed by atoms with E-state index in [1.165, 1.54) is 30.0 Å². The molecule has 1 aromatic carbocycles. The fourth-order valence-electron chi connectivity index (χ4n) is 2.07. The summed E-state index contributed by atoms with van der Waals surface area (Å²) in [6.07, 6.45) is -4.47. The normalized spacial score (nSPS) is 12.9. The van der Waals surface area contributed by atoms with Crippen LogP contribution in [0.4, 0.5) is 19.0 Å². The van der Waals surface area contributed by atoms with E-state index >= 15 is 0 Å². The summed E-state index contributed by atoms with van der Waals surface area (Å²) in [5, 5.41) is 6.67. The van der Waals surface area contributed by atoms with Gasteiger partial charge in [-0.2, -0.15) is 18.3 Å². The maximum atomic E-state index is 12.9. The molecule has 2 aromatic rings. The fourth-order valence-corrected chi connectivity index (χ4v) is 2.07. The Morgan fingerprint density at radius 3 is 2.75 bits per heavy atom. The Morgan fingerprint density at radius 2 is 2.12 bits per heavy atom. The number of carbonyl (C=O) groups is 1. The van der Waals surface area contributed by atoms with Crippen molar-refractivity contribution in [2.45, 2.75) is 19.1 Å². The number of anilines is 1. The lowest BCUT2D eigenvalue weighted by atomic mass is 10.2. The summed E-state index contributed by atoms with van der Waals surface area (Å²) >= 11 is 0. The van der Waals surface area contributed by atoms with E-state index in [4.69, 9.17) is 10.5 Å². The van der Waals surface area contributed by atoms with Crippen LogP contribution < -0.4 is 11.1 Å². The zero-order chi connectivity index (χ0) is 17.9. The number of aromatic nitrogens is 2. The van der Waals surface area contributed by atoms with Crippen molar-refractivity contribution >= 4 is 11.7 Å². The number of nitrogens with two attached hydrogens (primary N) is 1. The maximum Gasteiger partial charge on any atom is 0.416 e. The quantitative estimate of drug-likeness (QED) is 0.872. The van der Waals surface area contributed by atoms with E-state index in [0.29, 0.717) is 5.69 Å². The zero-order valence-electron chi connectivity index (χ0n) is 13.1. The van der Waals surface area contributed by atoms with Crippen molar-refractivity contribution in [2.75, 3.05) is 19.0 Å². The van der Waals surface area contributed by atoms with Gasteiger partial charge < -0.3 is 15.8 Å². The van der Waals surface area contributed by atoms with Gasteiger partial charge in [-0.3, -0.25) is 4.79 Å². The first-order chi connectivity index (χ1) is 11.2. The molecule has 0 fully saturated rings. The average molecular weight is 342 g/mol. The summed E-state index contributed by atoms with van der Waals surface area (Å²) in [6.45, 7) is 1.68. The summed E-state index contributed by atoms with van der Waals surface area (Å²) in [6, 6.07) is 5.30. The van der Waals surface area contributed by atoms with E-state index in [2.05, 4.69) is 10.4 Å². The topological polar surface area (TPSA) is 82.2 Å². The first kappa shape index (κ1) is 18.0. The highest BCUT2D eigenvalue weighted by Crippen LogP contribution is 2.31. The summed E-state index contributed by atoms with van der Waals surface area (Å²) in [4.78, 5) is 12.0. The Kier molecular flexibility index (Phi) is 5.25. The van der Waals surface area contributed by atoms with Crippen molar-refractivity contribution in [1.29, 1.82) is 0 Å². The molecule has 0 spiro atoms. The number of alkyl halides is 3. The van der Waals surface area contributed by atoms with E-state index in [1.807, 2.05) is 0 Å². The Bertz CT molecular complexity index is 728. The smallest absolute Gasteiger partial charge is 0.383 e. The van der Waals surface area contributed by atoms with Crippen LogP contribution in [0.3, 0.4) is 0 Å². The third-order valence-corrected chi connectivity index (χ3v) is 3.18. The molecule has 1 heterocycles. The van der Waals surface area contributed by atoms with E-state index in [9.17, 15) is 18.0 Å². The van der Waals surface area contributed by atoms with Crippen LogP contribution in [0.25, 0.3) is 5.69 Å². The SMILES string of the molecule is COCC(N)C(=O)Nc1cc(C)nn1-c1cccc(C(F)(F)F)c1. The van der Waals surface area contributed by atoms with Gasteiger partial charge in [0.15, 0.2) is 0 Å². The monoisotopic (exact) mass is 342 g/mol. The van der Waals surface area contributed by atoms with Gasteiger partial charge in [-0.15, -0.1) is 0 Å². The number of nitrogens with zero attached hydrogens (tertiary/aromatic N) is 2. The van der Waals surface area contributed by atoms with E-state index in [0.717, 1.165) is 12.1 Å². The Labute approximate surface area is 136 Å². The molecule has 0 aliphatic rings. The minimum atomic E-state index is -4.47. The van der Waals surface area contributed by atoms with Crippen LogP contribution in [-0.4, -0.2) is 35.4 Å². The molecule has 130 valence electrons. The lowest BCUT2D eigenvalue weighted by molar-refractivity contribution is -0.137. The third-order valence-electron chi connectivity index (χ3n) is 3.18. The number of amides is 1. The van der Waals surface area contributed by atoms with Gasteiger partial charge in [0.1, 0.15) is 11.9 Å². The number of halogens is 3. The van der Waals surface area contributed by atoms with Crippen molar-refractivity contribution in [1.82, 2.24) is 9.78 Å². The van der Waals surface area contributed by atoms with Crippen LogP contribution in [0, 0.1) is 6.92 Å². The molecule has 1 amide bonds. The van der Waals surface area contributed by atoms with Crippen LogP contribution in [0.2, 0.25) is 0 Å². The Morgan fingerprint density at radius 1 is 1.42 bits per heavy atom. The standard InChI is InChI=1S/C15H17F3N4O2/c1-9-6-13(20-14(23)12(19)8-24-2)22(21-9)11-5-3-4-10(7-11)15(16,17)18/h3-7,12H,8,19H2,1-2H3,(H,20,23). The predicted octanol–water partition coefficient (Wildman–Crippen LogP) is 2.11. The molecule has 2 rings (SSSR count). The number of nitrogens with one attached hydrogen (secondary N) is 1. The van der Waals surface area contributed by atoms with Crippen molar-refractivity contribution in [3.8, 4) is 5.69 Å². The van der Waals surface area contributed by atoms with Gasteiger partial charge in [0, 0.05) is 13.2 Å². The largest absolute Gasteiger partial charge is 0.416 e. The third kappa shape index (κ3) is 4.12. The maximum absolute atomic E-state index is 12.9. The number of hydrogen-bond donors (Lipinski definition) is 2. The lowest BCUT2D eigenvalue weighted by Crippen LogP contribution is -2.39. The molecule has 0 aliphatic carbocycles. The van der Waals surface area contributed by atoms with Crippen LogP contribution in [0.1, 0.15) is 11.3 Å². The molecule has 1 aromatic heterocycles. The molecular weight excluding hydrogens is 325 g/mol. The van der Waals surface area contributed by atoms with Crippen LogP contribution in [-0.2, 0) is 15.7 Å². The first-order valence-electron chi connectivity index (χ1n) is 7.02. The van der Waals surface area contributed by atoms with Crippen molar-refractivity contribution in [2.24, 2.45) is 5.73 Å². The highest BCUT2D eigenvalue weighted by atomic mass is 19.4. The average Bonchev–Trinajstić information content (AvgIpc) is 2.87. The van der Waals surface area contributed by atoms with Gasteiger partial charge >= 0.3 is 6.18 Å². The van der Waals surface area contributed by atoms with Gasteiger partial charge in [-0.25, -0.2) is 4.68 Å². The number of rotatable bonds is 5. The highest BCUT2D eigenvalue weighted by molar-refractivity contribution is 5.94. The van der Waals surface area contributed by atoms with Crippen LogP contribution >= 0.6 is 0 Å². The number of aryl methyl sites for hydroxylation is 1. The molecule has 0 saturated heterocycles. The second-order valence-corrected chi connectivity index (χ2v) is 5.18. The number of carbonyl (C=O) groups excluding carboxylic acids is 1. The summed E-state index contributed by atoms with van der Waals surface area (Å²) in [7, 11) is 1.41. The molecule has 0 saturated carbocycles. The Hall–Kier alpha value is -2.39. The van der Waals surface area contributed by atoms with Crippen molar-refractivity contribution < 1.29 is 22.7 Å². The first-order valence-corrected chi connectivity index (χ1v) is 7.02. The Balaban J connectivity index is 2.34. The summed E-state index contributed by atoms with van der Waals surface area (Å²) < 4.78 is 44.6. The minimum Gasteiger partial charge on any atom is -0.383 e. The molecule has 1 unspecified atom stereocenters. The number of hydrogen-bond acceptors (Lipinski definition) is 4. The van der Waals surface area contributed by atoms with Gasteiger partial charge in [0.2, 0.25) is 5.91 Å². The van der Waals surface area contributed by atoms with E-state index < -0.39 is 23.7 Å². The van der Waals surface area contributed by atoms with Crippen molar-refractivity contribution in [3.05, 3.63) is 41.6 Å². The molecule has 6 nitrogen and oxygen atoms in total. The minimum absolute atomic E-state index is 0.0164. The van der Waals surface area contributed by atoms with Gasteiger partial charge in [-0.05, 0) is 25.1 Å². The van der Waals surface area contributed by atoms with Gasteiger partial charge in [-0.1, -0.05) is 6.07 Å². The summed E-state index contributed by atoms with van der Waals surface area (Å²) in [5.41, 5.74) is 5.54. The fraction of sp³-hybridized carbons (Fsp3) is 0.333. The molecule has 1 atom stereocenters. The molecule has 3 N–H and O–H groups in total. The second kappa shape index (κ2) is 7.02. The molecule has 9 heteroatoms. The molecule has 0 bridgehead atoms. The van der Waals surface area contributed by atoms with Crippen molar-refractivity contribution in [3.63, 3.8) is 0 Å². The van der Waals surface area contributed by atoms with Gasteiger partial charge in [0.25, 0.3) is 0 Å². The van der Waals surface area contributed by atoms with Crippen LogP contribution in [0.5, 0.6) is 0 Å². The van der Waals surface area contributed by atoms with Crippen LogP contribution in [0.15, 0.2) is 30.3 Å². The predicted molar refractivity (Wildman–Crippen MR) is 81.8 cm³/mol. The highest BCUT2D eigenvalue weighted by Gasteiger charge is 2.30. The summed E-state index contributed by atoms with van der Waals surface area (Å²) in [5.74, 6) is -0.298. The van der Waals surface area contributed by atoms with E-state index in [1.54, 1.807) is 6.92 Å². The zero-order valence-corrected chi connectivity index (χ0v) is 13.1. The number of benzene rings is 1. The second-order valence-electron chi connectivity index (χ2n) is 5.18. The van der Waals surface area contributed by atoms with E-state index in [-0.39, 0.29) is 18.1 Å². The number of methoxy groups -OCH3 is 1. The number of ether oxygens (including phenoxy) is 1. The molecule has 0 radical (unpaired) electrons. The molecule has 0 aliphatic heterocycles.